The largest absolute Gasteiger partial charge is 0.481 e. The lowest BCUT2D eigenvalue weighted by atomic mass is 10.2. The number of amides is 1. The van der Waals surface area contributed by atoms with Crippen molar-refractivity contribution in [3.63, 3.8) is 0 Å². The number of carboxylic acid groups (broad SMARTS) is 1. The fourth-order valence-corrected chi connectivity index (χ4v) is 2.56. The molecule has 6 heteroatoms. The molecule has 1 N–H and O–H groups in total. The first-order valence-electron chi connectivity index (χ1n) is 6.39. The molecule has 0 fully saturated rings. The molecule has 0 atom stereocenters. The molecule has 2 rings (SSSR count). The SMILES string of the molecule is Cn1cc(Br)cc1C(=O)N(CCC(=O)O)c1ccccc1. The summed E-state index contributed by atoms with van der Waals surface area (Å²) in [6, 6.07) is 10.8. The minimum absolute atomic E-state index is 0.105. The average molecular weight is 351 g/mol. The molecule has 2 aromatic rings. The second kappa shape index (κ2) is 6.58. The highest BCUT2D eigenvalue weighted by molar-refractivity contribution is 9.10. The van der Waals surface area contributed by atoms with Gasteiger partial charge < -0.3 is 14.6 Å². The highest BCUT2D eigenvalue weighted by Crippen LogP contribution is 2.20. The number of aromatic nitrogens is 1. The number of carboxylic acids is 1. The molecule has 0 aliphatic heterocycles. The molecule has 21 heavy (non-hydrogen) atoms. The average Bonchev–Trinajstić information content (AvgIpc) is 2.78. The summed E-state index contributed by atoms with van der Waals surface area (Å²) >= 11 is 3.33. The Morgan fingerprint density at radius 2 is 1.95 bits per heavy atom. The van der Waals surface area contributed by atoms with Crippen molar-refractivity contribution < 1.29 is 14.7 Å². The number of anilines is 1. The number of nitrogens with zero attached hydrogens (tertiary/aromatic N) is 2. The van der Waals surface area contributed by atoms with Crippen LogP contribution in [0.25, 0.3) is 0 Å². The van der Waals surface area contributed by atoms with Gasteiger partial charge in [0.25, 0.3) is 5.91 Å². The Morgan fingerprint density at radius 1 is 1.29 bits per heavy atom. The van der Waals surface area contributed by atoms with Crippen LogP contribution >= 0.6 is 15.9 Å². The number of aliphatic carboxylic acids is 1. The maximum absolute atomic E-state index is 12.7. The van der Waals surface area contributed by atoms with Crippen molar-refractivity contribution in [2.75, 3.05) is 11.4 Å². The molecule has 0 unspecified atom stereocenters. The Morgan fingerprint density at radius 3 is 2.48 bits per heavy atom. The molecule has 1 aromatic carbocycles. The van der Waals surface area contributed by atoms with E-state index in [0.717, 1.165) is 4.47 Å². The van der Waals surface area contributed by atoms with Crippen molar-refractivity contribution in [2.24, 2.45) is 7.05 Å². The van der Waals surface area contributed by atoms with Crippen molar-refractivity contribution in [3.8, 4) is 0 Å². The number of aryl methyl sites for hydroxylation is 1. The van der Waals surface area contributed by atoms with Gasteiger partial charge >= 0.3 is 5.97 Å². The number of para-hydroxylation sites is 1. The number of halogens is 1. The van der Waals surface area contributed by atoms with E-state index in [9.17, 15) is 9.59 Å². The van der Waals surface area contributed by atoms with Gasteiger partial charge in [-0.3, -0.25) is 9.59 Å². The van der Waals surface area contributed by atoms with E-state index in [4.69, 9.17) is 5.11 Å². The summed E-state index contributed by atoms with van der Waals surface area (Å²) in [7, 11) is 1.78. The number of hydrogen-bond donors (Lipinski definition) is 1. The van der Waals surface area contributed by atoms with Crippen LogP contribution in [0, 0.1) is 0 Å². The molecule has 0 saturated heterocycles. The third-order valence-electron chi connectivity index (χ3n) is 3.05. The first-order valence-corrected chi connectivity index (χ1v) is 7.19. The number of carbonyl (C=O) groups is 2. The summed E-state index contributed by atoms with van der Waals surface area (Å²) in [4.78, 5) is 25.0. The Labute approximate surface area is 130 Å². The van der Waals surface area contributed by atoms with Crippen LogP contribution < -0.4 is 4.90 Å². The number of benzene rings is 1. The van der Waals surface area contributed by atoms with Crippen molar-refractivity contribution in [2.45, 2.75) is 6.42 Å². The Kier molecular flexibility index (Phi) is 4.80. The molecule has 0 spiro atoms. The predicted molar refractivity (Wildman–Crippen MR) is 83.5 cm³/mol. The zero-order valence-corrected chi connectivity index (χ0v) is 13.1. The quantitative estimate of drug-likeness (QED) is 0.901. The zero-order valence-electron chi connectivity index (χ0n) is 11.5. The molecule has 0 aliphatic rings. The summed E-state index contributed by atoms with van der Waals surface area (Å²) in [6.07, 6.45) is 1.68. The second-order valence-corrected chi connectivity index (χ2v) is 5.51. The van der Waals surface area contributed by atoms with E-state index in [1.807, 2.05) is 18.2 Å². The van der Waals surface area contributed by atoms with E-state index in [-0.39, 0.29) is 18.9 Å². The van der Waals surface area contributed by atoms with Gasteiger partial charge in [-0.1, -0.05) is 18.2 Å². The molecular weight excluding hydrogens is 336 g/mol. The molecule has 0 radical (unpaired) electrons. The van der Waals surface area contributed by atoms with E-state index in [1.165, 1.54) is 4.90 Å². The van der Waals surface area contributed by atoms with Gasteiger partial charge in [-0.25, -0.2) is 0 Å². The van der Waals surface area contributed by atoms with Gasteiger partial charge in [0.05, 0.1) is 6.42 Å². The minimum Gasteiger partial charge on any atom is -0.481 e. The maximum atomic E-state index is 12.7. The zero-order chi connectivity index (χ0) is 15.4. The number of hydrogen-bond acceptors (Lipinski definition) is 2. The van der Waals surface area contributed by atoms with Crippen LogP contribution in [0.3, 0.4) is 0 Å². The predicted octanol–water partition coefficient (Wildman–Crippen LogP) is 2.91. The monoisotopic (exact) mass is 350 g/mol. The van der Waals surface area contributed by atoms with E-state index >= 15 is 0 Å². The van der Waals surface area contributed by atoms with Crippen LogP contribution in [-0.4, -0.2) is 28.1 Å². The van der Waals surface area contributed by atoms with Crippen LogP contribution in [0.4, 0.5) is 5.69 Å². The van der Waals surface area contributed by atoms with Gasteiger partial charge in [0, 0.05) is 29.9 Å². The molecular formula is C15H15BrN2O3. The van der Waals surface area contributed by atoms with Crippen LogP contribution in [0.1, 0.15) is 16.9 Å². The van der Waals surface area contributed by atoms with Crippen LogP contribution in [0.15, 0.2) is 47.1 Å². The third kappa shape index (κ3) is 3.72. The van der Waals surface area contributed by atoms with Crippen LogP contribution in [0.5, 0.6) is 0 Å². The van der Waals surface area contributed by atoms with Gasteiger partial charge in [0.15, 0.2) is 0 Å². The lowest BCUT2D eigenvalue weighted by Gasteiger charge is -2.22. The van der Waals surface area contributed by atoms with Crippen molar-refractivity contribution in [1.82, 2.24) is 4.57 Å². The number of carbonyl (C=O) groups excluding carboxylic acids is 1. The van der Waals surface area contributed by atoms with Crippen molar-refractivity contribution in [1.29, 1.82) is 0 Å². The Hall–Kier alpha value is -2.08. The summed E-state index contributed by atoms with van der Waals surface area (Å²) in [5.41, 5.74) is 1.18. The van der Waals surface area contributed by atoms with Crippen molar-refractivity contribution in [3.05, 3.63) is 52.8 Å². The van der Waals surface area contributed by atoms with E-state index < -0.39 is 5.97 Å². The van der Waals surface area contributed by atoms with Crippen molar-refractivity contribution >= 4 is 33.5 Å². The first kappa shape index (κ1) is 15.3. The van der Waals surface area contributed by atoms with Gasteiger partial charge in [0.2, 0.25) is 0 Å². The Bertz CT molecular complexity index is 652. The lowest BCUT2D eigenvalue weighted by molar-refractivity contribution is -0.136. The van der Waals surface area contributed by atoms with Crippen LogP contribution in [-0.2, 0) is 11.8 Å². The third-order valence-corrected chi connectivity index (χ3v) is 3.49. The summed E-state index contributed by atoms with van der Waals surface area (Å²) in [6.45, 7) is 0.126. The van der Waals surface area contributed by atoms with E-state index in [1.54, 1.807) is 36.0 Å². The summed E-state index contributed by atoms with van der Waals surface area (Å²) in [5.74, 6) is -1.16. The van der Waals surface area contributed by atoms with E-state index in [0.29, 0.717) is 11.4 Å². The molecule has 1 heterocycles. The topological polar surface area (TPSA) is 62.5 Å². The first-order chi connectivity index (χ1) is 9.99. The smallest absolute Gasteiger partial charge is 0.305 e. The molecule has 1 amide bonds. The van der Waals surface area contributed by atoms with Gasteiger partial charge in [0.1, 0.15) is 5.69 Å². The summed E-state index contributed by atoms with van der Waals surface area (Å²) < 4.78 is 2.52. The normalized spacial score (nSPS) is 10.4. The second-order valence-electron chi connectivity index (χ2n) is 4.59. The molecule has 110 valence electrons. The van der Waals surface area contributed by atoms with Gasteiger partial charge in [-0.05, 0) is 34.1 Å². The van der Waals surface area contributed by atoms with Crippen LogP contribution in [0.2, 0.25) is 0 Å². The lowest BCUT2D eigenvalue weighted by Crippen LogP contribution is -2.34. The Balaban J connectivity index is 2.32. The van der Waals surface area contributed by atoms with E-state index in [2.05, 4.69) is 15.9 Å². The fourth-order valence-electron chi connectivity index (χ4n) is 2.04. The summed E-state index contributed by atoms with van der Waals surface area (Å²) in [5, 5.41) is 8.87. The molecule has 0 aliphatic carbocycles. The minimum atomic E-state index is -0.934. The highest BCUT2D eigenvalue weighted by atomic mass is 79.9. The molecule has 1 aromatic heterocycles. The van der Waals surface area contributed by atoms with Gasteiger partial charge in [-0.15, -0.1) is 0 Å². The molecule has 5 nitrogen and oxygen atoms in total. The standard InChI is InChI=1S/C15H15BrN2O3/c1-17-10-11(16)9-13(17)15(21)18(8-7-14(19)20)12-5-3-2-4-6-12/h2-6,9-10H,7-8H2,1H3,(H,19,20). The highest BCUT2D eigenvalue weighted by Gasteiger charge is 2.21. The number of rotatable bonds is 5. The van der Waals surface area contributed by atoms with Gasteiger partial charge in [-0.2, -0.15) is 0 Å². The maximum Gasteiger partial charge on any atom is 0.305 e. The fraction of sp³-hybridized carbons (Fsp3) is 0.200. The molecule has 0 saturated carbocycles. The molecule has 0 bridgehead atoms.